The van der Waals surface area contributed by atoms with E-state index >= 15 is 8.78 Å². The number of aryl methyl sites for hydroxylation is 1. The van der Waals surface area contributed by atoms with E-state index in [-0.39, 0.29) is 11.1 Å². The van der Waals surface area contributed by atoms with Gasteiger partial charge in [0.05, 0.1) is 0 Å². The smallest absolute Gasteiger partial charge is 0.167 e. The lowest BCUT2D eigenvalue weighted by molar-refractivity contribution is 0.212. The largest absolute Gasteiger partial charge is 0.203 e. The van der Waals surface area contributed by atoms with E-state index in [2.05, 4.69) is 18.7 Å². The summed E-state index contributed by atoms with van der Waals surface area (Å²) in [6.45, 7) is 5.70. The second-order valence-corrected chi connectivity index (χ2v) is 10.8. The van der Waals surface area contributed by atoms with Crippen molar-refractivity contribution in [2.45, 2.75) is 58.3 Å². The summed E-state index contributed by atoms with van der Waals surface area (Å²) in [6, 6.07) is 12.9. The number of rotatable bonds is 6. The van der Waals surface area contributed by atoms with E-state index in [9.17, 15) is 8.78 Å². The van der Waals surface area contributed by atoms with Gasteiger partial charge in [-0.3, -0.25) is 0 Å². The predicted molar refractivity (Wildman–Crippen MR) is 147 cm³/mol. The van der Waals surface area contributed by atoms with Crippen LogP contribution in [0.3, 0.4) is 0 Å². The standard InChI is InChI=1S/C34H34F4/c1-3-21-5-7-23(8-6-21)24-9-11-25(12-10-24)29-19-20-30(34(38)33(29)37)27-15-13-26(14-16-27)28-18-17-22(4-2)31(35)32(28)36/h3,11,13-21,23-24H,1,4-10,12H2,2H3. The number of allylic oxidation sites excluding steroid dienone is 3. The Hall–Kier alpha value is -3.14. The van der Waals surface area contributed by atoms with Gasteiger partial charge in [0.25, 0.3) is 0 Å². The molecule has 198 valence electrons. The first-order valence-corrected chi connectivity index (χ1v) is 13.8. The third-order valence-electron chi connectivity index (χ3n) is 8.75. The molecule has 3 aromatic rings. The zero-order chi connectivity index (χ0) is 26.8. The summed E-state index contributed by atoms with van der Waals surface area (Å²) >= 11 is 0. The summed E-state index contributed by atoms with van der Waals surface area (Å²) in [4.78, 5) is 0. The highest BCUT2D eigenvalue weighted by Crippen LogP contribution is 2.42. The van der Waals surface area contributed by atoms with Crippen LogP contribution in [0.2, 0.25) is 0 Å². The molecule has 1 unspecified atom stereocenters. The molecule has 1 saturated carbocycles. The van der Waals surface area contributed by atoms with E-state index < -0.39 is 23.3 Å². The highest BCUT2D eigenvalue weighted by molar-refractivity contribution is 5.74. The molecule has 2 aliphatic carbocycles. The second-order valence-electron chi connectivity index (χ2n) is 10.8. The molecule has 4 heteroatoms. The lowest BCUT2D eigenvalue weighted by Gasteiger charge is -2.34. The molecule has 0 saturated heterocycles. The van der Waals surface area contributed by atoms with Gasteiger partial charge in [-0.1, -0.05) is 67.6 Å². The normalized spacial score (nSPS) is 21.7. The van der Waals surface area contributed by atoms with Gasteiger partial charge in [-0.2, -0.15) is 0 Å². The molecule has 0 N–H and O–H groups in total. The highest BCUT2D eigenvalue weighted by atomic mass is 19.2. The van der Waals surface area contributed by atoms with Crippen molar-refractivity contribution in [3.05, 3.63) is 102 Å². The summed E-state index contributed by atoms with van der Waals surface area (Å²) in [5, 5.41) is 0. The van der Waals surface area contributed by atoms with Crippen molar-refractivity contribution in [3.8, 4) is 22.3 Å². The fourth-order valence-corrected chi connectivity index (χ4v) is 6.31. The van der Waals surface area contributed by atoms with E-state index in [4.69, 9.17) is 0 Å². The average molecular weight is 519 g/mol. The summed E-state index contributed by atoms with van der Waals surface area (Å²) in [6.07, 6.45) is 12.1. The monoisotopic (exact) mass is 518 g/mol. The van der Waals surface area contributed by atoms with Crippen LogP contribution in [0.5, 0.6) is 0 Å². The summed E-state index contributed by atoms with van der Waals surface area (Å²) < 4.78 is 59.3. The molecule has 2 aliphatic rings. The topological polar surface area (TPSA) is 0 Å². The molecule has 0 aliphatic heterocycles. The van der Waals surface area contributed by atoms with Crippen LogP contribution in [-0.2, 0) is 6.42 Å². The Balaban J connectivity index is 1.32. The van der Waals surface area contributed by atoms with E-state index in [0.717, 1.165) is 24.8 Å². The third kappa shape index (κ3) is 5.10. The van der Waals surface area contributed by atoms with Gasteiger partial charge in [0.1, 0.15) is 0 Å². The van der Waals surface area contributed by atoms with Crippen molar-refractivity contribution in [3.63, 3.8) is 0 Å². The van der Waals surface area contributed by atoms with E-state index in [1.165, 1.54) is 25.7 Å². The molecule has 5 rings (SSSR count). The SMILES string of the molecule is C=CC1CCC(C2CC=C(c3ccc(-c4ccc(-c5ccc(CC)c(F)c5F)cc4)c(F)c3F)CC2)CC1. The maximum Gasteiger partial charge on any atom is 0.167 e. The molecule has 3 aromatic carbocycles. The van der Waals surface area contributed by atoms with Crippen molar-refractivity contribution < 1.29 is 17.6 Å². The van der Waals surface area contributed by atoms with Gasteiger partial charge >= 0.3 is 0 Å². The fourth-order valence-electron chi connectivity index (χ4n) is 6.31. The Bertz CT molecular complexity index is 1340. The Morgan fingerprint density at radius 2 is 1.24 bits per heavy atom. The van der Waals surface area contributed by atoms with E-state index in [0.29, 0.717) is 46.4 Å². The second kappa shape index (κ2) is 11.3. The Morgan fingerprint density at radius 3 is 1.79 bits per heavy atom. The number of benzene rings is 3. The van der Waals surface area contributed by atoms with Gasteiger partial charge in [0.2, 0.25) is 0 Å². The lowest BCUT2D eigenvalue weighted by atomic mass is 9.71. The molecule has 0 nitrogen and oxygen atoms in total. The van der Waals surface area contributed by atoms with Crippen LogP contribution in [0.1, 0.15) is 63.0 Å². The van der Waals surface area contributed by atoms with Gasteiger partial charge in [-0.25, -0.2) is 17.6 Å². The minimum Gasteiger partial charge on any atom is -0.203 e. The zero-order valence-corrected chi connectivity index (χ0v) is 21.9. The quantitative estimate of drug-likeness (QED) is 0.225. The third-order valence-corrected chi connectivity index (χ3v) is 8.75. The summed E-state index contributed by atoms with van der Waals surface area (Å²) in [5.41, 5.74) is 2.79. The van der Waals surface area contributed by atoms with Crippen LogP contribution < -0.4 is 0 Å². The van der Waals surface area contributed by atoms with Gasteiger partial charge in [0, 0.05) is 16.7 Å². The molecule has 38 heavy (non-hydrogen) atoms. The Labute approximate surface area is 223 Å². The predicted octanol–water partition coefficient (Wildman–Crippen LogP) is 10.3. The maximum atomic E-state index is 15.3. The number of hydrogen-bond acceptors (Lipinski definition) is 0. The van der Waals surface area contributed by atoms with Gasteiger partial charge in [-0.15, -0.1) is 6.58 Å². The molecule has 0 bridgehead atoms. The minimum absolute atomic E-state index is 0.143. The maximum absolute atomic E-state index is 15.3. The minimum atomic E-state index is -0.897. The van der Waals surface area contributed by atoms with E-state index in [1.807, 2.05) is 0 Å². The molecule has 0 heterocycles. The fraction of sp³-hybridized carbons (Fsp3) is 0.353. The van der Waals surface area contributed by atoms with Crippen molar-refractivity contribution in [1.29, 1.82) is 0 Å². The van der Waals surface area contributed by atoms with Crippen molar-refractivity contribution in [1.82, 2.24) is 0 Å². The van der Waals surface area contributed by atoms with Crippen molar-refractivity contribution >= 4 is 5.57 Å². The molecular formula is C34H34F4. The Kier molecular flexibility index (Phi) is 7.88. The van der Waals surface area contributed by atoms with Crippen LogP contribution in [0.4, 0.5) is 17.6 Å². The number of halogens is 4. The van der Waals surface area contributed by atoms with Gasteiger partial charge in [0.15, 0.2) is 23.3 Å². The summed E-state index contributed by atoms with van der Waals surface area (Å²) in [7, 11) is 0. The van der Waals surface area contributed by atoms with Crippen LogP contribution in [0.25, 0.3) is 27.8 Å². The molecule has 1 atom stereocenters. The lowest BCUT2D eigenvalue weighted by Crippen LogP contribution is -2.22. The van der Waals surface area contributed by atoms with Crippen LogP contribution in [-0.4, -0.2) is 0 Å². The first-order chi connectivity index (χ1) is 18.4. The molecule has 0 aromatic heterocycles. The molecule has 1 fully saturated rings. The van der Waals surface area contributed by atoms with Crippen LogP contribution in [0.15, 0.2) is 67.3 Å². The van der Waals surface area contributed by atoms with Crippen LogP contribution >= 0.6 is 0 Å². The number of hydrogen-bond donors (Lipinski definition) is 0. The zero-order valence-electron chi connectivity index (χ0n) is 21.9. The molecular weight excluding hydrogens is 484 g/mol. The van der Waals surface area contributed by atoms with Crippen molar-refractivity contribution in [2.75, 3.05) is 0 Å². The Morgan fingerprint density at radius 1 is 0.684 bits per heavy atom. The van der Waals surface area contributed by atoms with Crippen molar-refractivity contribution in [2.24, 2.45) is 17.8 Å². The molecule has 0 amide bonds. The van der Waals surface area contributed by atoms with E-state index in [1.54, 1.807) is 55.5 Å². The van der Waals surface area contributed by atoms with Crippen LogP contribution in [0, 0.1) is 41.0 Å². The molecule has 0 radical (unpaired) electrons. The average Bonchev–Trinajstić information content (AvgIpc) is 2.96. The summed E-state index contributed by atoms with van der Waals surface area (Å²) in [5.74, 6) is -1.48. The van der Waals surface area contributed by atoms with Gasteiger partial charge in [-0.05, 0) is 91.4 Å². The molecule has 0 spiro atoms. The highest BCUT2D eigenvalue weighted by Gasteiger charge is 2.29. The first-order valence-electron chi connectivity index (χ1n) is 13.8. The first kappa shape index (κ1) is 26.5. The van der Waals surface area contributed by atoms with Gasteiger partial charge < -0.3 is 0 Å².